The number of aliphatic hydroxyl groups is 3. The third kappa shape index (κ3) is 6.13. The van der Waals surface area contributed by atoms with Gasteiger partial charge in [0, 0.05) is 24.9 Å². The van der Waals surface area contributed by atoms with Gasteiger partial charge in [0.1, 0.15) is 5.78 Å². The van der Waals surface area contributed by atoms with Crippen LogP contribution in [0.25, 0.3) is 0 Å². The highest BCUT2D eigenvalue weighted by molar-refractivity contribution is 5.84. The molecule has 2 aliphatic rings. The van der Waals surface area contributed by atoms with Crippen molar-refractivity contribution in [2.45, 2.75) is 103 Å². The van der Waals surface area contributed by atoms with Gasteiger partial charge in [0.05, 0.1) is 12.2 Å². The SMILES string of the molecule is CCCC1([C@H](O)CC=C[C@H]2[C@H](O)CC(=O)[C@@H]2CCCCCCCO)CCC1. The molecule has 4 heteroatoms. The van der Waals surface area contributed by atoms with E-state index >= 15 is 0 Å². The Morgan fingerprint density at radius 3 is 2.52 bits per heavy atom. The third-order valence-corrected chi connectivity index (χ3v) is 6.93. The van der Waals surface area contributed by atoms with Gasteiger partial charge in [0.2, 0.25) is 0 Å². The second-order valence-electron chi connectivity index (χ2n) is 8.85. The summed E-state index contributed by atoms with van der Waals surface area (Å²) in [6.45, 7) is 2.43. The number of aliphatic hydroxyl groups excluding tert-OH is 3. The highest BCUT2D eigenvalue weighted by Crippen LogP contribution is 2.48. The summed E-state index contributed by atoms with van der Waals surface area (Å²) < 4.78 is 0. The van der Waals surface area contributed by atoms with Gasteiger partial charge in [-0.1, -0.05) is 57.6 Å². The van der Waals surface area contributed by atoms with Gasteiger partial charge in [-0.3, -0.25) is 4.79 Å². The second kappa shape index (κ2) is 11.3. The van der Waals surface area contributed by atoms with Crippen molar-refractivity contribution in [2.75, 3.05) is 6.61 Å². The van der Waals surface area contributed by atoms with Crippen molar-refractivity contribution in [1.29, 1.82) is 0 Å². The van der Waals surface area contributed by atoms with Crippen LogP contribution in [0.5, 0.6) is 0 Å². The van der Waals surface area contributed by atoms with Gasteiger partial charge in [-0.15, -0.1) is 0 Å². The molecule has 4 atom stereocenters. The Bertz CT molecular complexity index is 469. The van der Waals surface area contributed by atoms with Crippen molar-refractivity contribution in [3.05, 3.63) is 12.2 Å². The highest BCUT2D eigenvalue weighted by Gasteiger charge is 2.42. The molecule has 0 heterocycles. The number of hydrogen-bond acceptors (Lipinski definition) is 4. The first kappa shape index (κ1) is 22.6. The lowest BCUT2D eigenvalue weighted by Gasteiger charge is -2.45. The van der Waals surface area contributed by atoms with Crippen molar-refractivity contribution >= 4 is 5.78 Å². The number of unbranched alkanes of at least 4 members (excludes halogenated alkanes) is 4. The van der Waals surface area contributed by atoms with Crippen LogP contribution >= 0.6 is 0 Å². The van der Waals surface area contributed by atoms with Crippen LogP contribution in [0.2, 0.25) is 0 Å². The maximum atomic E-state index is 12.3. The summed E-state index contributed by atoms with van der Waals surface area (Å²) in [5, 5.41) is 29.8. The van der Waals surface area contributed by atoms with Crippen LogP contribution in [0.1, 0.15) is 90.4 Å². The van der Waals surface area contributed by atoms with E-state index in [1.807, 2.05) is 12.2 Å². The summed E-state index contributed by atoms with van der Waals surface area (Å²) in [5.41, 5.74) is 0.108. The fraction of sp³-hybridized carbons (Fsp3) is 0.870. The Morgan fingerprint density at radius 2 is 1.89 bits per heavy atom. The van der Waals surface area contributed by atoms with Gasteiger partial charge in [0.15, 0.2) is 0 Å². The Morgan fingerprint density at radius 1 is 1.19 bits per heavy atom. The van der Waals surface area contributed by atoms with Gasteiger partial charge in [-0.2, -0.15) is 0 Å². The van der Waals surface area contributed by atoms with Gasteiger partial charge in [-0.25, -0.2) is 0 Å². The molecule has 3 N–H and O–H groups in total. The molecule has 0 aromatic heterocycles. The molecule has 0 saturated heterocycles. The Hall–Kier alpha value is -0.710. The first-order valence-electron chi connectivity index (χ1n) is 11.2. The molecule has 2 saturated carbocycles. The predicted molar refractivity (Wildman–Crippen MR) is 108 cm³/mol. The molecule has 2 rings (SSSR count). The molecule has 27 heavy (non-hydrogen) atoms. The lowest BCUT2D eigenvalue weighted by Crippen LogP contribution is -2.41. The molecule has 0 radical (unpaired) electrons. The van der Waals surface area contributed by atoms with E-state index in [1.165, 1.54) is 6.42 Å². The Labute approximate surface area is 165 Å². The second-order valence-corrected chi connectivity index (χ2v) is 8.85. The summed E-state index contributed by atoms with van der Waals surface area (Å²) in [4.78, 5) is 12.3. The number of carbonyl (C=O) groups is 1. The van der Waals surface area contributed by atoms with Crippen molar-refractivity contribution in [1.82, 2.24) is 0 Å². The predicted octanol–water partition coefficient (Wildman–Crippen LogP) is 4.16. The van der Waals surface area contributed by atoms with Crippen LogP contribution < -0.4 is 0 Å². The zero-order valence-electron chi connectivity index (χ0n) is 17.1. The summed E-state index contributed by atoms with van der Waals surface area (Å²) in [5.74, 6) is 0.0275. The summed E-state index contributed by atoms with van der Waals surface area (Å²) in [6, 6.07) is 0. The van der Waals surface area contributed by atoms with Crippen molar-refractivity contribution in [3.8, 4) is 0 Å². The van der Waals surface area contributed by atoms with Crippen LogP contribution in [0.15, 0.2) is 12.2 Å². The fourth-order valence-electron chi connectivity index (χ4n) is 5.09. The standard InChI is InChI=1S/C23H40O4/c1-2-13-23(14-9-15-23)22(27)12-8-11-19-18(20(25)17-21(19)26)10-6-4-3-5-7-16-24/h8,11,18-19,21-22,24,26-27H,2-7,9-10,12-17H2,1H3/t18-,19-,21-,22-/m1/s1. The normalized spacial score (nSPS) is 28.6. The lowest BCUT2D eigenvalue weighted by molar-refractivity contribution is -0.121. The number of ketones is 1. The summed E-state index contributed by atoms with van der Waals surface area (Å²) in [6.07, 6.45) is 15.6. The monoisotopic (exact) mass is 380 g/mol. The largest absolute Gasteiger partial charge is 0.396 e. The molecule has 0 amide bonds. The molecule has 0 aromatic rings. The molecular formula is C23H40O4. The molecule has 0 aromatic carbocycles. The molecule has 156 valence electrons. The minimum atomic E-state index is -0.571. The zero-order chi connectivity index (χ0) is 19.7. The van der Waals surface area contributed by atoms with Crippen LogP contribution in [-0.2, 0) is 4.79 Å². The van der Waals surface area contributed by atoms with Gasteiger partial charge < -0.3 is 15.3 Å². The summed E-state index contributed by atoms with van der Waals surface area (Å²) in [7, 11) is 0. The highest BCUT2D eigenvalue weighted by atomic mass is 16.3. The van der Waals surface area contributed by atoms with E-state index in [1.54, 1.807) is 0 Å². The summed E-state index contributed by atoms with van der Waals surface area (Å²) >= 11 is 0. The van der Waals surface area contributed by atoms with Crippen LogP contribution in [-0.4, -0.2) is 39.9 Å². The van der Waals surface area contributed by atoms with Crippen molar-refractivity contribution in [3.63, 3.8) is 0 Å². The van der Waals surface area contributed by atoms with E-state index in [0.717, 1.165) is 64.2 Å². The first-order valence-corrected chi connectivity index (χ1v) is 11.2. The third-order valence-electron chi connectivity index (χ3n) is 6.93. The molecule has 0 bridgehead atoms. The van der Waals surface area contributed by atoms with Crippen LogP contribution in [0, 0.1) is 17.3 Å². The Balaban J connectivity index is 1.81. The average molecular weight is 381 g/mol. The van der Waals surface area contributed by atoms with E-state index in [2.05, 4.69) is 6.92 Å². The molecule has 2 fully saturated rings. The minimum absolute atomic E-state index is 0.0699. The van der Waals surface area contributed by atoms with E-state index in [-0.39, 0.29) is 42.2 Å². The lowest BCUT2D eigenvalue weighted by atomic mass is 9.62. The smallest absolute Gasteiger partial charge is 0.139 e. The van der Waals surface area contributed by atoms with Crippen molar-refractivity contribution in [2.24, 2.45) is 17.3 Å². The van der Waals surface area contributed by atoms with Gasteiger partial charge >= 0.3 is 0 Å². The number of rotatable bonds is 13. The molecule has 0 unspecified atom stereocenters. The maximum absolute atomic E-state index is 12.3. The first-order chi connectivity index (χ1) is 13.0. The number of hydrogen-bond donors (Lipinski definition) is 3. The van der Waals surface area contributed by atoms with Gasteiger partial charge in [-0.05, 0) is 43.9 Å². The maximum Gasteiger partial charge on any atom is 0.139 e. The quantitative estimate of drug-likeness (QED) is 0.331. The molecule has 0 aliphatic heterocycles. The van der Waals surface area contributed by atoms with E-state index in [9.17, 15) is 15.0 Å². The van der Waals surface area contributed by atoms with Crippen LogP contribution in [0.3, 0.4) is 0 Å². The van der Waals surface area contributed by atoms with E-state index in [4.69, 9.17) is 5.11 Å². The molecule has 4 nitrogen and oxygen atoms in total. The zero-order valence-corrected chi connectivity index (χ0v) is 17.1. The number of carbonyl (C=O) groups excluding carboxylic acids is 1. The minimum Gasteiger partial charge on any atom is -0.396 e. The Kier molecular flexibility index (Phi) is 9.47. The van der Waals surface area contributed by atoms with Gasteiger partial charge in [0.25, 0.3) is 0 Å². The van der Waals surface area contributed by atoms with E-state index in [0.29, 0.717) is 6.42 Å². The average Bonchev–Trinajstić information content (AvgIpc) is 2.87. The van der Waals surface area contributed by atoms with Crippen molar-refractivity contribution < 1.29 is 20.1 Å². The molecule has 0 spiro atoms. The molecule has 2 aliphatic carbocycles. The molecular weight excluding hydrogens is 340 g/mol. The van der Waals surface area contributed by atoms with E-state index < -0.39 is 6.10 Å². The van der Waals surface area contributed by atoms with Crippen LogP contribution in [0.4, 0.5) is 0 Å². The number of Topliss-reactive ketones (excluding diaryl/α,β-unsaturated/α-hetero) is 1. The topological polar surface area (TPSA) is 77.8 Å². The fourth-order valence-corrected chi connectivity index (χ4v) is 5.09.